The summed E-state index contributed by atoms with van der Waals surface area (Å²) in [7, 11) is 0. The topological polar surface area (TPSA) is 45.5 Å². The van der Waals surface area contributed by atoms with E-state index in [1.165, 1.54) is 5.56 Å². The Labute approximate surface area is 123 Å². The third-order valence-electron chi connectivity index (χ3n) is 4.48. The summed E-state index contributed by atoms with van der Waals surface area (Å²) in [5, 5.41) is 3.54. The zero-order valence-corrected chi connectivity index (χ0v) is 11.8. The third-order valence-corrected chi connectivity index (χ3v) is 4.48. The van der Waals surface area contributed by atoms with E-state index in [1.54, 1.807) is 6.26 Å². The zero-order chi connectivity index (χ0) is 14.2. The molecule has 1 N–H and O–H groups in total. The summed E-state index contributed by atoms with van der Waals surface area (Å²) < 4.78 is 5.56. The van der Waals surface area contributed by atoms with E-state index in [0.717, 1.165) is 30.8 Å². The van der Waals surface area contributed by atoms with Crippen LogP contribution in [0.3, 0.4) is 0 Å². The molecule has 0 saturated carbocycles. The molecule has 108 valence electrons. The smallest absolute Gasteiger partial charge is 0.223 e. The lowest BCUT2D eigenvalue weighted by Gasteiger charge is -2.37. The summed E-state index contributed by atoms with van der Waals surface area (Å²) in [4.78, 5) is 14.2. The molecule has 21 heavy (non-hydrogen) atoms. The van der Waals surface area contributed by atoms with Crippen LogP contribution in [0.2, 0.25) is 0 Å². The van der Waals surface area contributed by atoms with Crippen molar-refractivity contribution in [3.05, 3.63) is 54.0 Å². The van der Waals surface area contributed by atoms with Gasteiger partial charge in [-0.2, -0.15) is 0 Å². The van der Waals surface area contributed by atoms with E-state index >= 15 is 0 Å². The fourth-order valence-electron chi connectivity index (χ4n) is 3.49. The van der Waals surface area contributed by atoms with Gasteiger partial charge in [-0.1, -0.05) is 18.2 Å². The lowest BCUT2D eigenvalue weighted by molar-refractivity contribution is -0.130. The molecule has 1 aromatic heterocycles. The van der Waals surface area contributed by atoms with Crippen LogP contribution in [-0.4, -0.2) is 17.4 Å². The number of amides is 1. The number of carbonyl (C=O) groups excluding carboxylic acids is 1. The van der Waals surface area contributed by atoms with Crippen molar-refractivity contribution in [2.45, 2.75) is 31.3 Å². The Balaban J connectivity index is 1.72. The Morgan fingerprint density at radius 2 is 2.10 bits per heavy atom. The number of rotatable bonds is 2. The van der Waals surface area contributed by atoms with Crippen LogP contribution in [-0.2, 0) is 4.79 Å². The predicted molar refractivity (Wildman–Crippen MR) is 79.8 cm³/mol. The van der Waals surface area contributed by atoms with Gasteiger partial charge in [0.1, 0.15) is 5.76 Å². The second-order valence-electron chi connectivity index (χ2n) is 5.74. The lowest BCUT2D eigenvalue weighted by atomic mass is 9.91. The summed E-state index contributed by atoms with van der Waals surface area (Å²) in [5.74, 6) is 1.20. The number of furan rings is 1. The van der Waals surface area contributed by atoms with Gasteiger partial charge in [0.25, 0.3) is 0 Å². The van der Waals surface area contributed by atoms with Crippen LogP contribution >= 0.6 is 0 Å². The lowest BCUT2D eigenvalue weighted by Crippen LogP contribution is -2.35. The number of carbonyl (C=O) groups is 1. The number of hydrogen-bond donors (Lipinski definition) is 1. The first-order chi connectivity index (χ1) is 10.3. The van der Waals surface area contributed by atoms with Gasteiger partial charge < -0.3 is 14.6 Å². The van der Waals surface area contributed by atoms with Gasteiger partial charge in [-0.05, 0) is 36.6 Å². The van der Waals surface area contributed by atoms with Gasteiger partial charge >= 0.3 is 0 Å². The van der Waals surface area contributed by atoms with Gasteiger partial charge in [0.2, 0.25) is 5.91 Å². The van der Waals surface area contributed by atoms with Gasteiger partial charge in [-0.3, -0.25) is 4.79 Å². The van der Waals surface area contributed by atoms with Crippen molar-refractivity contribution < 1.29 is 9.21 Å². The van der Waals surface area contributed by atoms with Crippen LogP contribution in [0.1, 0.15) is 42.7 Å². The van der Waals surface area contributed by atoms with E-state index in [1.807, 2.05) is 29.2 Å². The molecule has 0 radical (unpaired) electrons. The maximum atomic E-state index is 12.2. The van der Waals surface area contributed by atoms with Crippen molar-refractivity contribution in [3.8, 4) is 0 Å². The van der Waals surface area contributed by atoms with E-state index in [2.05, 4.69) is 17.4 Å². The average molecular weight is 282 g/mol. The summed E-state index contributed by atoms with van der Waals surface area (Å²) in [5.41, 5.74) is 2.32. The van der Waals surface area contributed by atoms with Crippen LogP contribution in [0.25, 0.3) is 0 Å². The second kappa shape index (κ2) is 4.95. The van der Waals surface area contributed by atoms with Crippen LogP contribution < -0.4 is 5.32 Å². The molecular formula is C17H18N2O2. The SMILES string of the molecule is O=C1CCCN1C1CC(c2ccco2)Nc2ccccc21. The summed E-state index contributed by atoms with van der Waals surface area (Å²) in [6, 6.07) is 12.4. The van der Waals surface area contributed by atoms with E-state index in [4.69, 9.17) is 4.42 Å². The molecule has 2 aliphatic rings. The number of likely N-dealkylation sites (tertiary alicyclic amines) is 1. The van der Waals surface area contributed by atoms with Crippen molar-refractivity contribution in [3.63, 3.8) is 0 Å². The molecule has 2 aliphatic heterocycles. The number of hydrogen-bond acceptors (Lipinski definition) is 3. The molecule has 0 spiro atoms. The van der Waals surface area contributed by atoms with Crippen molar-refractivity contribution in [1.29, 1.82) is 0 Å². The second-order valence-corrected chi connectivity index (χ2v) is 5.74. The van der Waals surface area contributed by atoms with Crippen LogP contribution in [0.15, 0.2) is 47.1 Å². The molecule has 2 unspecified atom stereocenters. The first-order valence-electron chi connectivity index (χ1n) is 7.51. The molecule has 1 saturated heterocycles. The molecule has 1 amide bonds. The van der Waals surface area contributed by atoms with Crippen LogP contribution in [0.4, 0.5) is 5.69 Å². The summed E-state index contributed by atoms with van der Waals surface area (Å²) >= 11 is 0. The Morgan fingerprint density at radius 1 is 1.19 bits per heavy atom. The fraction of sp³-hybridized carbons (Fsp3) is 0.353. The number of fused-ring (bicyclic) bond motifs is 1. The highest BCUT2D eigenvalue weighted by Gasteiger charge is 2.36. The number of benzene rings is 1. The van der Waals surface area contributed by atoms with E-state index in [0.29, 0.717) is 6.42 Å². The number of nitrogens with one attached hydrogen (secondary N) is 1. The monoisotopic (exact) mass is 282 g/mol. The third kappa shape index (κ3) is 2.11. The Kier molecular flexibility index (Phi) is 2.95. The molecule has 4 heteroatoms. The molecule has 4 nitrogen and oxygen atoms in total. The average Bonchev–Trinajstić information content (AvgIpc) is 3.17. The molecule has 1 fully saturated rings. The molecular weight excluding hydrogens is 264 g/mol. The first-order valence-corrected chi connectivity index (χ1v) is 7.51. The Hall–Kier alpha value is -2.23. The maximum absolute atomic E-state index is 12.2. The maximum Gasteiger partial charge on any atom is 0.223 e. The molecule has 1 aromatic carbocycles. The van der Waals surface area contributed by atoms with Crippen molar-refractivity contribution in [2.24, 2.45) is 0 Å². The first kappa shape index (κ1) is 12.5. The summed E-state index contributed by atoms with van der Waals surface area (Å²) in [6.45, 7) is 0.864. The molecule has 2 aromatic rings. The fourth-order valence-corrected chi connectivity index (χ4v) is 3.49. The van der Waals surface area contributed by atoms with E-state index < -0.39 is 0 Å². The molecule has 2 atom stereocenters. The largest absolute Gasteiger partial charge is 0.467 e. The van der Waals surface area contributed by atoms with Crippen molar-refractivity contribution >= 4 is 11.6 Å². The highest BCUT2D eigenvalue weighted by atomic mass is 16.3. The van der Waals surface area contributed by atoms with E-state index in [-0.39, 0.29) is 18.0 Å². The Morgan fingerprint density at radius 3 is 2.86 bits per heavy atom. The van der Waals surface area contributed by atoms with Crippen LogP contribution in [0, 0.1) is 0 Å². The normalized spacial score (nSPS) is 24.8. The van der Waals surface area contributed by atoms with Gasteiger partial charge in [0, 0.05) is 18.7 Å². The summed E-state index contributed by atoms with van der Waals surface area (Å²) in [6.07, 6.45) is 4.21. The predicted octanol–water partition coefficient (Wildman–Crippen LogP) is 3.50. The van der Waals surface area contributed by atoms with Crippen molar-refractivity contribution in [2.75, 3.05) is 11.9 Å². The molecule has 0 aliphatic carbocycles. The van der Waals surface area contributed by atoms with Crippen LogP contribution in [0.5, 0.6) is 0 Å². The minimum Gasteiger partial charge on any atom is -0.467 e. The minimum absolute atomic E-state index is 0.119. The minimum atomic E-state index is 0.119. The number of anilines is 1. The molecule has 3 heterocycles. The highest BCUT2D eigenvalue weighted by Crippen LogP contribution is 2.43. The van der Waals surface area contributed by atoms with Gasteiger partial charge in [-0.15, -0.1) is 0 Å². The van der Waals surface area contributed by atoms with Crippen molar-refractivity contribution in [1.82, 2.24) is 4.90 Å². The van der Waals surface area contributed by atoms with Gasteiger partial charge in [0.05, 0.1) is 18.3 Å². The number of para-hydroxylation sites is 1. The number of nitrogens with zero attached hydrogens (tertiary/aromatic N) is 1. The zero-order valence-electron chi connectivity index (χ0n) is 11.8. The Bertz CT molecular complexity index is 651. The van der Waals surface area contributed by atoms with Gasteiger partial charge in [-0.25, -0.2) is 0 Å². The van der Waals surface area contributed by atoms with E-state index in [9.17, 15) is 4.79 Å². The molecule has 0 bridgehead atoms. The van der Waals surface area contributed by atoms with Gasteiger partial charge in [0.15, 0.2) is 0 Å². The standard InChI is InChI=1S/C17H18N2O2/c20-17-8-3-9-19(17)15-11-14(16-7-4-10-21-16)18-13-6-2-1-5-12(13)15/h1-2,4-7,10,14-15,18H,3,8-9,11H2. The molecule has 4 rings (SSSR count). The highest BCUT2D eigenvalue weighted by molar-refractivity contribution is 5.79. The quantitative estimate of drug-likeness (QED) is 0.917.